The summed E-state index contributed by atoms with van der Waals surface area (Å²) in [6, 6.07) is 4.59. The van der Waals surface area contributed by atoms with Crippen LogP contribution in [0.25, 0.3) is 0 Å². The SMILES string of the molecule is CC(C)c1ccc2c(c1)C(=O)NCC2(F)F. The molecule has 2 nitrogen and oxygen atoms in total. The molecule has 0 bridgehead atoms. The van der Waals surface area contributed by atoms with Crippen LogP contribution in [0.2, 0.25) is 0 Å². The maximum absolute atomic E-state index is 13.5. The number of hydrogen-bond acceptors (Lipinski definition) is 1. The molecule has 0 aromatic heterocycles. The van der Waals surface area contributed by atoms with Crippen molar-refractivity contribution in [3.8, 4) is 0 Å². The molecule has 4 heteroatoms. The average molecular weight is 225 g/mol. The van der Waals surface area contributed by atoms with E-state index in [4.69, 9.17) is 0 Å². The van der Waals surface area contributed by atoms with Gasteiger partial charge < -0.3 is 5.32 Å². The van der Waals surface area contributed by atoms with Crippen LogP contribution in [0.5, 0.6) is 0 Å². The van der Waals surface area contributed by atoms with Gasteiger partial charge in [-0.05, 0) is 17.5 Å². The van der Waals surface area contributed by atoms with E-state index in [9.17, 15) is 13.6 Å². The normalized spacial score (nSPS) is 18.2. The number of fused-ring (bicyclic) bond motifs is 1. The highest BCUT2D eigenvalue weighted by Crippen LogP contribution is 2.34. The molecule has 0 atom stereocenters. The standard InChI is InChI=1S/C12H13F2NO/c1-7(2)8-3-4-10-9(5-8)11(16)15-6-12(10,13)14/h3-5,7H,6H2,1-2H3,(H,15,16). The molecular weight excluding hydrogens is 212 g/mol. The van der Waals surface area contributed by atoms with E-state index in [2.05, 4.69) is 5.32 Å². The molecule has 16 heavy (non-hydrogen) atoms. The van der Waals surface area contributed by atoms with Crippen LogP contribution in [-0.4, -0.2) is 12.5 Å². The van der Waals surface area contributed by atoms with E-state index in [1.54, 1.807) is 12.1 Å². The van der Waals surface area contributed by atoms with Gasteiger partial charge in [-0.15, -0.1) is 0 Å². The molecule has 1 amide bonds. The lowest BCUT2D eigenvalue weighted by Gasteiger charge is -2.26. The zero-order valence-corrected chi connectivity index (χ0v) is 9.18. The topological polar surface area (TPSA) is 29.1 Å². The van der Waals surface area contributed by atoms with Gasteiger partial charge in [0.05, 0.1) is 6.54 Å². The minimum atomic E-state index is -2.96. The number of hydrogen-bond donors (Lipinski definition) is 1. The minimum Gasteiger partial charge on any atom is -0.346 e. The van der Waals surface area contributed by atoms with E-state index in [-0.39, 0.29) is 17.0 Å². The van der Waals surface area contributed by atoms with Crippen LogP contribution in [0, 0.1) is 0 Å². The molecule has 1 heterocycles. The zero-order valence-electron chi connectivity index (χ0n) is 9.18. The summed E-state index contributed by atoms with van der Waals surface area (Å²) in [4.78, 5) is 11.5. The average Bonchev–Trinajstić information content (AvgIpc) is 2.23. The van der Waals surface area contributed by atoms with Gasteiger partial charge in [-0.2, -0.15) is 8.78 Å². The lowest BCUT2D eigenvalue weighted by Crippen LogP contribution is -2.41. The maximum atomic E-state index is 13.5. The van der Waals surface area contributed by atoms with E-state index < -0.39 is 18.4 Å². The summed E-state index contributed by atoms with van der Waals surface area (Å²) in [5, 5.41) is 2.21. The first-order valence-corrected chi connectivity index (χ1v) is 5.22. The van der Waals surface area contributed by atoms with Crippen LogP contribution in [-0.2, 0) is 5.92 Å². The number of halogens is 2. The predicted molar refractivity (Wildman–Crippen MR) is 56.8 cm³/mol. The van der Waals surface area contributed by atoms with E-state index >= 15 is 0 Å². The highest BCUT2D eigenvalue weighted by Gasteiger charge is 2.39. The second-order valence-electron chi connectivity index (χ2n) is 4.35. The van der Waals surface area contributed by atoms with Crippen molar-refractivity contribution in [2.24, 2.45) is 0 Å². The van der Waals surface area contributed by atoms with Crippen molar-refractivity contribution in [1.29, 1.82) is 0 Å². The highest BCUT2D eigenvalue weighted by molar-refractivity contribution is 5.97. The van der Waals surface area contributed by atoms with Crippen molar-refractivity contribution in [2.45, 2.75) is 25.7 Å². The van der Waals surface area contributed by atoms with Crippen LogP contribution >= 0.6 is 0 Å². The fourth-order valence-corrected chi connectivity index (χ4v) is 1.81. The molecule has 1 aliphatic heterocycles. The smallest absolute Gasteiger partial charge is 0.290 e. The molecule has 0 fully saturated rings. The Morgan fingerprint density at radius 2 is 2.06 bits per heavy atom. The molecule has 0 saturated heterocycles. The van der Waals surface area contributed by atoms with Crippen molar-refractivity contribution in [2.75, 3.05) is 6.54 Å². The summed E-state index contributed by atoms with van der Waals surface area (Å²) in [5.41, 5.74) is 0.828. The van der Waals surface area contributed by atoms with Gasteiger partial charge in [-0.1, -0.05) is 26.0 Å². The number of rotatable bonds is 1. The second-order valence-corrected chi connectivity index (χ2v) is 4.35. The molecule has 0 saturated carbocycles. The lowest BCUT2D eigenvalue weighted by atomic mass is 9.92. The second kappa shape index (κ2) is 3.54. The van der Waals surface area contributed by atoms with Gasteiger partial charge in [0.1, 0.15) is 0 Å². The van der Waals surface area contributed by atoms with Gasteiger partial charge in [0, 0.05) is 11.1 Å². The molecule has 0 spiro atoms. The molecule has 0 unspecified atom stereocenters. The van der Waals surface area contributed by atoms with Crippen molar-refractivity contribution in [1.82, 2.24) is 5.32 Å². The Kier molecular flexibility index (Phi) is 2.45. The molecule has 1 aliphatic rings. The zero-order chi connectivity index (χ0) is 11.9. The first-order valence-electron chi connectivity index (χ1n) is 5.22. The van der Waals surface area contributed by atoms with Crippen molar-refractivity contribution in [3.63, 3.8) is 0 Å². The Labute approximate surface area is 92.7 Å². The van der Waals surface area contributed by atoms with Crippen molar-refractivity contribution >= 4 is 5.91 Å². The molecule has 1 N–H and O–H groups in total. The predicted octanol–water partition coefficient (Wildman–Crippen LogP) is 2.65. The van der Waals surface area contributed by atoms with Crippen LogP contribution in [0.15, 0.2) is 18.2 Å². The Bertz CT molecular complexity index is 441. The Morgan fingerprint density at radius 1 is 1.38 bits per heavy atom. The van der Waals surface area contributed by atoms with Crippen LogP contribution in [0.4, 0.5) is 8.78 Å². The minimum absolute atomic E-state index is 0.0995. The number of benzene rings is 1. The molecular formula is C12H13F2NO. The molecule has 2 rings (SSSR count). The molecule has 0 aliphatic carbocycles. The molecule has 1 aromatic rings. The molecule has 86 valence electrons. The van der Waals surface area contributed by atoms with Crippen molar-refractivity contribution < 1.29 is 13.6 Å². The summed E-state index contributed by atoms with van der Waals surface area (Å²) in [7, 11) is 0. The van der Waals surface area contributed by atoms with Crippen LogP contribution < -0.4 is 5.32 Å². The van der Waals surface area contributed by atoms with Gasteiger partial charge in [0.15, 0.2) is 0 Å². The third-order valence-electron chi connectivity index (χ3n) is 2.82. The van der Waals surface area contributed by atoms with Gasteiger partial charge in [0.2, 0.25) is 0 Å². The van der Waals surface area contributed by atoms with Gasteiger partial charge in [0.25, 0.3) is 11.8 Å². The lowest BCUT2D eigenvalue weighted by molar-refractivity contribution is -0.00840. The Hall–Kier alpha value is -1.45. The quantitative estimate of drug-likeness (QED) is 0.782. The third kappa shape index (κ3) is 1.68. The number of alkyl halides is 2. The Morgan fingerprint density at radius 3 is 2.69 bits per heavy atom. The Balaban J connectivity index is 2.56. The van der Waals surface area contributed by atoms with Gasteiger partial charge in [-0.3, -0.25) is 4.79 Å². The number of carbonyl (C=O) groups excluding carboxylic acids is 1. The summed E-state index contributed by atoms with van der Waals surface area (Å²) < 4.78 is 27.0. The first kappa shape index (κ1) is 11.0. The summed E-state index contributed by atoms with van der Waals surface area (Å²) in [6.45, 7) is 3.31. The van der Waals surface area contributed by atoms with Crippen LogP contribution in [0.1, 0.15) is 41.3 Å². The first-order chi connectivity index (χ1) is 7.42. The van der Waals surface area contributed by atoms with E-state index in [0.717, 1.165) is 5.56 Å². The summed E-state index contributed by atoms with van der Waals surface area (Å²) >= 11 is 0. The van der Waals surface area contributed by atoms with Gasteiger partial charge in [-0.25, -0.2) is 0 Å². The fourth-order valence-electron chi connectivity index (χ4n) is 1.81. The summed E-state index contributed by atoms with van der Waals surface area (Å²) in [6.07, 6.45) is 0. The number of amides is 1. The van der Waals surface area contributed by atoms with Gasteiger partial charge >= 0.3 is 0 Å². The molecule has 1 aromatic carbocycles. The third-order valence-corrected chi connectivity index (χ3v) is 2.82. The maximum Gasteiger partial charge on any atom is 0.290 e. The number of nitrogens with one attached hydrogen (secondary N) is 1. The summed E-state index contributed by atoms with van der Waals surface area (Å²) in [5.74, 6) is -3.16. The van der Waals surface area contributed by atoms with E-state index in [1.807, 2.05) is 13.8 Å². The molecule has 0 radical (unpaired) electrons. The number of carbonyl (C=O) groups is 1. The van der Waals surface area contributed by atoms with E-state index in [0.29, 0.717) is 0 Å². The van der Waals surface area contributed by atoms with Crippen molar-refractivity contribution in [3.05, 3.63) is 34.9 Å². The van der Waals surface area contributed by atoms with Crippen LogP contribution in [0.3, 0.4) is 0 Å². The monoisotopic (exact) mass is 225 g/mol. The fraction of sp³-hybridized carbons (Fsp3) is 0.417. The largest absolute Gasteiger partial charge is 0.346 e. The highest BCUT2D eigenvalue weighted by atomic mass is 19.3. The van der Waals surface area contributed by atoms with E-state index in [1.165, 1.54) is 6.07 Å².